The van der Waals surface area contributed by atoms with Crippen LogP contribution in [-0.2, 0) is 13.0 Å². The average Bonchev–Trinajstić information content (AvgIpc) is 2.39. The molecule has 2 N–H and O–H groups in total. The highest BCUT2D eigenvalue weighted by Crippen LogP contribution is 2.30. The van der Waals surface area contributed by atoms with Crippen molar-refractivity contribution in [3.8, 4) is 5.75 Å². The third kappa shape index (κ3) is 3.81. The molecular weight excluding hydrogens is 316 g/mol. The highest BCUT2D eigenvalue weighted by atomic mass is 79.9. The van der Waals surface area contributed by atoms with Crippen molar-refractivity contribution in [1.82, 2.24) is 4.98 Å². The lowest BCUT2D eigenvalue weighted by molar-refractivity contribution is 0.295. The fourth-order valence-corrected chi connectivity index (χ4v) is 2.55. The van der Waals surface area contributed by atoms with E-state index in [9.17, 15) is 0 Å². The quantitative estimate of drug-likeness (QED) is 0.908. The monoisotopic (exact) mass is 334 g/mol. The van der Waals surface area contributed by atoms with Crippen LogP contribution >= 0.6 is 15.9 Å². The second-order valence-corrected chi connectivity index (χ2v) is 5.82. The summed E-state index contributed by atoms with van der Waals surface area (Å²) in [6, 6.07) is 10.1. The van der Waals surface area contributed by atoms with E-state index in [1.807, 2.05) is 38.1 Å². The molecular formula is C16H19BrN2O. The van der Waals surface area contributed by atoms with E-state index in [-0.39, 0.29) is 6.04 Å². The van der Waals surface area contributed by atoms with E-state index in [1.165, 1.54) is 0 Å². The number of para-hydroxylation sites is 1. The zero-order chi connectivity index (χ0) is 14.5. The fourth-order valence-electron chi connectivity index (χ4n) is 2.03. The number of benzene rings is 1. The number of aryl methyl sites for hydroxylation is 1. The molecule has 20 heavy (non-hydrogen) atoms. The van der Waals surface area contributed by atoms with Crippen molar-refractivity contribution in [2.75, 3.05) is 0 Å². The second kappa shape index (κ2) is 6.86. The topological polar surface area (TPSA) is 48.1 Å². The van der Waals surface area contributed by atoms with Gasteiger partial charge >= 0.3 is 0 Å². The van der Waals surface area contributed by atoms with Gasteiger partial charge in [0.25, 0.3) is 0 Å². The molecule has 1 heterocycles. The summed E-state index contributed by atoms with van der Waals surface area (Å²) in [4.78, 5) is 4.35. The van der Waals surface area contributed by atoms with Crippen LogP contribution in [0.4, 0.5) is 0 Å². The maximum atomic E-state index is 5.97. The van der Waals surface area contributed by atoms with Crippen LogP contribution in [0, 0.1) is 6.92 Å². The largest absolute Gasteiger partial charge is 0.486 e. The Kier molecular flexibility index (Phi) is 5.15. The summed E-state index contributed by atoms with van der Waals surface area (Å²) in [5, 5.41) is 0. The van der Waals surface area contributed by atoms with Gasteiger partial charge in [0, 0.05) is 12.2 Å². The number of nitrogens with two attached hydrogens (primary N) is 1. The van der Waals surface area contributed by atoms with Crippen LogP contribution in [0.3, 0.4) is 0 Å². The molecule has 0 bridgehead atoms. The van der Waals surface area contributed by atoms with Crippen molar-refractivity contribution in [3.05, 3.63) is 57.8 Å². The summed E-state index contributed by atoms with van der Waals surface area (Å²) in [5.41, 5.74) is 9.09. The molecule has 3 nitrogen and oxygen atoms in total. The highest BCUT2D eigenvalue weighted by molar-refractivity contribution is 9.10. The number of hydrogen-bond acceptors (Lipinski definition) is 3. The van der Waals surface area contributed by atoms with E-state index < -0.39 is 0 Å². The summed E-state index contributed by atoms with van der Waals surface area (Å²) in [7, 11) is 0. The normalized spacial score (nSPS) is 12.2. The first-order valence-electron chi connectivity index (χ1n) is 6.64. The summed E-state index contributed by atoms with van der Waals surface area (Å²) < 4.78 is 6.92. The minimum Gasteiger partial charge on any atom is -0.486 e. The molecule has 0 spiro atoms. The van der Waals surface area contributed by atoms with Gasteiger partial charge in [-0.05, 0) is 59.5 Å². The number of rotatable bonds is 5. The molecule has 4 heteroatoms. The molecule has 0 radical (unpaired) electrons. The van der Waals surface area contributed by atoms with Crippen molar-refractivity contribution in [2.24, 2.45) is 5.73 Å². The van der Waals surface area contributed by atoms with Gasteiger partial charge in [-0.25, -0.2) is 0 Å². The van der Waals surface area contributed by atoms with E-state index in [0.717, 1.165) is 33.5 Å². The van der Waals surface area contributed by atoms with Gasteiger partial charge in [0.15, 0.2) is 0 Å². The maximum Gasteiger partial charge on any atom is 0.137 e. The summed E-state index contributed by atoms with van der Waals surface area (Å²) >= 11 is 3.54. The first kappa shape index (κ1) is 15.0. The van der Waals surface area contributed by atoms with Gasteiger partial charge in [-0.1, -0.05) is 18.2 Å². The van der Waals surface area contributed by atoms with E-state index in [2.05, 4.69) is 27.0 Å². The average molecular weight is 335 g/mol. The Hall–Kier alpha value is -1.39. The summed E-state index contributed by atoms with van der Waals surface area (Å²) in [6.07, 6.45) is 2.57. The molecule has 1 atom stereocenters. The van der Waals surface area contributed by atoms with Gasteiger partial charge in [-0.15, -0.1) is 0 Å². The first-order chi connectivity index (χ1) is 9.58. The van der Waals surface area contributed by atoms with Crippen molar-refractivity contribution in [3.63, 3.8) is 0 Å². The number of aromatic nitrogens is 1. The van der Waals surface area contributed by atoms with Gasteiger partial charge in [0.05, 0.1) is 10.2 Å². The van der Waals surface area contributed by atoms with Gasteiger partial charge in [-0.3, -0.25) is 4.98 Å². The molecule has 1 unspecified atom stereocenters. The third-order valence-electron chi connectivity index (χ3n) is 3.06. The Morgan fingerprint density at radius 1 is 1.30 bits per heavy atom. The van der Waals surface area contributed by atoms with Crippen molar-refractivity contribution >= 4 is 15.9 Å². The number of ether oxygens (including phenoxy) is 1. The Morgan fingerprint density at radius 2 is 2.10 bits per heavy atom. The van der Waals surface area contributed by atoms with E-state index >= 15 is 0 Å². The predicted octanol–water partition coefficient (Wildman–Crippen LogP) is 3.62. The molecule has 1 aromatic heterocycles. The third-order valence-corrected chi connectivity index (χ3v) is 3.69. The van der Waals surface area contributed by atoms with Crippen molar-refractivity contribution < 1.29 is 4.74 Å². The SMILES string of the molecule is Cc1cccnc1COc1c(Br)cccc1CC(C)N. The van der Waals surface area contributed by atoms with E-state index in [4.69, 9.17) is 10.5 Å². The number of hydrogen-bond donors (Lipinski definition) is 1. The van der Waals surface area contributed by atoms with Gasteiger partial charge in [0.2, 0.25) is 0 Å². The Balaban J connectivity index is 2.18. The molecule has 0 fully saturated rings. The molecule has 0 saturated heterocycles. The van der Waals surface area contributed by atoms with Crippen LogP contribution in [0.1, 0.15) is 23.7 Å². The standard InChI is InChI=1S/C16H19BrN2O/c1-11-5-4-8-19-15(11)10-20-16-13(9-12(2)18)6-3-7-14(16)17/h3-8,12H,9-10,18H2,1-2H3. The van der Waals surface area contributed by atoms with Crippen molar-refractivity contribution in [2.45, 2.75) is 32.9 Å². The lowest BCUT2D eigenvalue weighted by Gasteiger charge is -2.15. The summed E-state index contributed by atoms with van der Waals surface area (Å²) in [5.74, 6) is 0.856. The van der Waals surface area contributed by atoms with Gasteiger partial charge < -0.3 is 10.5 Å². The molecule has 106 valence electrons. The number of halogens is 1. The fraction of sp³-hybridized carbons (Fsp3) is 0.312. The smallest absolute Gasteiger partial charge is 0.137 e. The molecule has 0 aliphatic carbocycles. The number of nitrogens with zero attached hydrogens (tertiary/aromatic N) is 1. The van der Waals surface area contributed by atoms with Gasteiger partial charge in [-0.2, -0.15) is 0 Å². The van der Waals surface area contributed by atoms with Crippen LogP contribution in [0.25, 0.3) is 0 Å². The predicted molar refractivity (Wildman–Crippen MR) is 84.8 cm³/mol. The molecule has 2 rings (SSSR count). The van der Waals surface area contributed by atoms with E-state index in [0.29, 0.717) is 6.61 Å². The Morgan fingerprint density at radius 3 is 2.80 bits per heavy atom. The molecule has 0 saturated carbocycles. The maximum absolute atomic E-state index is 5.97. The van der Waals surface area contributed by atoms with Crippen molar-refractivity contribution in [1.29, 1.82) is 0 Å². The minimum atomic E-state index is 0.100. The van der Waals surface area contributed by atoms with E-state index in [1.54, 1.807) is 6.20 Å². The van der Waals surface area contributed by atoms with Crippen LogP contribution in [0.15, 0.2) is 41.0 Å². The van der Waals surface area contributed by atoms with Gasteiger partial charge in [0.1, 0.15) is 12.4 Å². The second-order valence-electron chi connectivity index (χ2n) is 4.97. The number of pyridine rings is 1. The lowest BCUT2D eigenvalue weighted by atomic mass is 10.1. The summed E-state index contributed by atoms with van der Waals surface area (Å²) in [6.45, 7) is 4.49. The van der Waals surface area contributed by atoms with Crippen LogP contribution < -0.4 is 10.5 Å². The zero-order valence-corrected chi connectivity index (χ0v) is 13.4. The molecule has 2 aromatic rings. The Labute approximate surface area is 128 Å². The van der Waals surface area contributed by atoms with Crippen LogP contribution in [0.5, 0.6) is 5.75 Å². The molecule has 1 aromatic carbocycles. The molecule has 0 amide bonds. The molecule has 0 aliphatic heterocycles. The Bertz CT molecular complexity index is 584. The highest BCUT2D eigenvalue weighted by Gasteiger charge is 2.11. The lowest BCUT2D eigenvalue weighted by Crippen LogP contribution is -2.18. The minimum absolute atomic E-state index is 0.100. The zero-order valence-electron chi connectivity index (χ0n) is 11.8. The molecule has 0 aliphatic rings. The van der Waals surface area contributed by atoms with Crippen LogP contribution in [0.2, 0.25) is 0 Å². The first-order valence-corrected chi connectivity index (χ1v) is 7.43. The van der Waals surface area contributed by atoms with Crippen LogP contribution in [-0.4, -0.2) is 11.0 Å².